The van der Waals surface area contributed by atoms with Gasteiger partial charge in [-0.05, 0) is 24.5 Å². The van der Waals surface area contributed by atoms with Crippen LogP contribution in [-0.2, 0) is 16.0 Å². The Morgan fingerprint density at radius 1 is 1.45 bits per heavy atom. The quantitative estimate of drug-likeness (QED) is 0.794. The molecule has 1 aliphatic rings. The van der Waals surface area contributed by atoms with Gasteiger partial charge in [0.05, 0.1) is 12.5 Å². The number of nitriles is 1. The zero-order chi connectivity index (χ0) is 14.5. The third-order valence-electron chi connectivity index (χ3n) is 3.42. The molecular formula is C15H15F2NO2. The van der Waals surface area contributed by atoms with Crippen LogP contribution < -0.4 is 0 Å². The minimum absolute atomic E-state index is 0.0196. The molecule has 1 aliphatic carbocycles. The van der Waals surface area contributed by atoms with Crippen LogP contribution in [0.4, 0.5) is 8.78 Å². The van der Waals surface area contributed by atoms with Gasteiger partial charge in [0.25, 0.3) is 6.43 Å². The van der Waals surface area contributed by atoms with E-state index in [0.29, 0.717) is 18.4 Å². The molecule has 2 rings (SSSR count). The van der Waals surface area contributed by atoms with Gasteiger partial charge in [-0.15, -0.1) is 0 Å². The van der Waals surface area contributed by atoms with Crippen molar-refractivity contribution in [1.29, 1.82) is 5.26 Å². The maximum atomic E-state index is 12.5. The number of halogens is 2. The average molecular weight is 279 g/mol. The van der Waals surface area contributed by atoms with Crippen LogP contribution in [0, 0.1) is 17.2 Å². The molecule has 3 nitrogen and oxygen atoms in total. The Labute approximate surface area is 116 Å². The summed E-state index contributed by atoms with van der Waals surface area (Å²) in [5.74, 6) is -0.477. The SMILES string of the molecule is N#C[C@H]1CC[C@H](OC(=O)Cc2cccc(C(F)F)c2)C1. The molecule has 1 aromatic carbocycles. The zero-order valence-corrected chi connectivity index (χ0v) is 10.9. The molecule has 0 amide bonds. The summed E-state index contributed by atoms with van der Waals surface area (Å²) in [6.07, 6.45) is -0.771. The number of nitrogens with zero attached hydrogens (tertiary/aromatic N) is 1. The maximum absolute atomic E-state index is 12.5. The molecule has 1 saturated carbocycles. The molecule has 20 heavy (non-hydrogen) atoms. The lowest BCUT2D eigenvalue weighted by Crippen LogP contribution is -2.17. The zero-order valence-electron chi connectivity index (χ0n) is 10.9. The lowest BCUT2D eigenvalue weighted by atomic mass is 10.1. The highest BCUT2D eigenvalue weighted by Crippen LogP contribution is 2.27. The minimum atomic E-state index is -2.54. The number of alkyl halides is 2. The van der Waals surface area contributed by atoms with Gasteiger partial charge >= 0.3 is 5.97 Å². The van der Waals surface area contributed by atoms with Gasteiger partial charge in [-0.3, -0.25) is 4.79 Å². The van der Waals surface area contributed by atoms with Crippen molar-refractivity contribution in [3.8, 4) is 6.07 Å². The van der Waals surface area contributed by atoms with E-state index in [1.54, 1.807) is 6.07 Å². The molecule has 0 bridgehead atoms. The Morgan fingerprint density at radius 2 is 2.25 bits per heavy atom. The number of carbonyl (C=O) groups is 1. The second kappa shape index (κ2) is 6.47. The molecule has 5 heteroatoms. The predicted octanol–water partition coefficient (Wildman–Crippen LogP) is 3.40. The van der Waals surface area contributed by atoms with E-state index in [9.17, 15) is 13.6 Å². The van der Waals surface area contributed by atoms with Crippen molar-refractivity contribution < 1.29 is 18.3 Å². The largest absolute Gasteiger partial charge is 0.462 e. The van der Waals surface area contributed by atoms with Crippen molar-refractivity contribution in [2.24, 2.45) is 5.92 Å². The molecule has 0 unspecified atom stereocenters. The van der Waals surface area contributed by atoms with Crippen molar-refractivity contribution in [1.82, 2.24) is 0 Å². The summed E-state index contributed by atoms with van der Waals surface area (Å²) in [5, 5.41) is 8.77. The molecule has 0 N–H and O–H groups in total. The first-order chi connectivity index (χ1) is 9.58. The summed E-state index contributed by atoms with van der Waals surface area (Å²) in [4.78, 5) is 11.8. The van der Waals surface area contributed by atoms with Crippen LogP contribution in [0.2, 0.25) is 0 Å². The van der Waals surface area contributed by atoms with E-state index in [2.05, 4.69) is 6.07 Å². The molecule has 1 aromatic rings. The molecule has 0 spiro atoms. The summed E-state index contributed by atoms with van der Waals surface area (Å²) in [5.41, 5.74) is 0.420. The lowest BCUT2D eigenvalue weighted by Gasteiger charge is -2.11. The highest BCUT2D eigenvalue weighted by atomic mass is 19.3. The van der Waals surface area contributed by atoms with E-state index in [1.165, 1.54) is 18.2 Å². The van der Waals surface area contributed by atoms with Crippen molar-refractivity contribution in [3.63, 3.8) is 0 Å². The normalized spacial score (nSPS) is 21.7. The predicted molar refractivity (Wildman–Crippen MR) is 67.9 cm³/mol. The van der Waals surface area contributed by atoms with E-state index in [0.717, 1.165) is 6.42 Å². The maximum Gasteiger partial charge on any atom is 0.310 e. The van der Waals surface area contributed by atoms with Crippen LogP contribution in [0.15, 0.2) is 24.3 Å². The van der Waals surface area contributed by atoms with Gasteiger partial charge in [-0.2, -0.15) is 5.26 Å². The van der Waals surface area contributed by atoms with E-state index in [-0.39, 0.29) is 24.0 Å². The standard InChI is InChI=1S/C15H15F2NO2/c16-15(17)12-3-1-2-10(6-12)8-14(19)20-13-5-4-11(7-13)9-18/h1-3,6,11,13,15H,4-5,7-8H2/t11-,13-/m0/s1. The second-order valence-electron chi connectivity index (χ2n) is 4.97. The fourth-order valence-corrected chi connectivity index (χ4v) is 2.40. The van der Waals surface area contributed by atoms with Gasteiger partial charge in [-0.25, -0.2) is 8.78 Å². The summed E-state index contributed by atoms with van der Waals surface area (Å²) in [6.45, 7) is 0. The molecule has 106 valence electrons. The number of ether oxygens (including phenoxy) is 1. The smallest absolute Gasteiger partial charge is 0.310 e. The second-order valence-corrected chi connectivity index (χ2v) is 4.97. The van der Waals surface area contributed by atoms with E-state index >= 15 is 0 Å². The van der Waals surface area contributed by atoms with Crippen LogP contribution in [0.3, 0.4) is 0 Å². The number of benzene rings is 1. The summed E-state index contributed by atoms with van der Waals surface area (Å²) in [7, 11) is 0. The number of esters is 1. The van der Waals surface area contributed by atoms with E-state index < -0.39 is 12.4 Å². The Kier molecular flexibility index (Phi) is 4.67. The third kappa shape index (κ3) is 3.77. The lowest BCUT2D eigenvalue weighted by molar-refractivity contribution is -0.147. The van der Waals surface area contributed by atoms with Gasteiger partial charge < -0.3 is 4.74 Å². The van der Waals surface area contributed by atoms with Crippen molar-refractivity contribution in [2.45, 2.75) is 38.2 Å². The molecular weight excluding hydrogens is 264 g/mol. The minimum Gasteiger partial charge on any atom is -0.462 e. The summed E-state index contributed by atoms with van der Waals surface area (Å²) < 4.78 is 30.4. The first kappa shape index (κ1) is 14.4. The van der Waals surface area contributed by atoms with Gasteiger partial charge in [0.15, 0.2) is 0 Å². The van der Waals surface area contributed by atoms with E-state index in [4.69, 9.17) is 10.00 Å². The number of carbonyl (C=O) groups excluding carboxylic acids is 1. The molecule has 0 saturated heterocycles. The fourth-order valence-electron chi connectivity index (χ4n) is 2.40. The van der Waals surface area contributed by atoms with E-state index in [1.807, 2.05) is 0 Å². The molecule has 0 radical (unpaired) electrons. The Hall–Kier alpha value is -1.96. The molecule has 0 aromatic heterocycles. The molecule has 0 aliphatic heterocycles. The van der Waals surface area contributed by atoms with Gasteiger partial charge in [0.1, 0.15) is 6.10 Å². The molecule has 0 heterocycles. The third-order valence-corrected chi connectivity index (χ3v) is 3.42. The number of rotatable bonds is 4. The highest BCUT2D eigenvalue weighted by Gasteiger charge is 2.27. The topological polar surface area (TPSA) is 50.1 Å². The van der Waals surface area contributed by atoms with Gasteiger partial charge in [0, 0.05) is 17.9 Å². The van der Waals surface area contributed by atoms with Crippen LogP contribution in [0.1, 0.15) is 36.8 Å². The molecule has 2 atom stereocenters. The Balaban J connectivity index is 1.89. The van der Waals surface area contributed by atoms with Gasteiger partial charge in [-0.1, -0.05) is 18.2 Å². The van der Waals surface area contributed by atoms with Crippen molar-refractivity contribution in [2.75, 3.05) is 0 Å². The highest BCUT2D eigenvalue weighted by molar-refractivity contribution is 5.72. The monoisotopic (exact) mass is 279 g/mol. The van der Waals surface area contributed by atoms with Gasteiger partial charge in [0.2, 0.25) is 0 Å². The van der Waals surface area contributed by atoms with Crippen LogP contribution >= 0.6 is 0 Å². The summed E-state index contributed by atoms with van der Waals surface area (Å²) >= 11 is 0. The first-order valence-corrected chi connectivity index (χ1v) is 6.54. The van der Waals surface area contributed by atoms with Crippen LogP contribution in [-0.4, -0.2) is 12.1 Å². The van der Waals surface area contributed by atoms with Crippen LogP contribution in [0.25, 0.3) is 0 Å². The Morgan fingerprint density at radius 3 is 2.90 bits per heavy atom. The first-order valence-electron chi connectivity index (χ1n) is 6.54. The van der Waals surface area contributed by atoms with Crippen molar-refractivity contribution >= 4 is 5.97 Å². The Bertz CT molecular complexity index is 525. The summed E-state index contributed by atoms with van der Waals surface area (Å²) in [6, 6.07) is 7.94. The van der Waals surface area contributed by atoms with Crippen LogP contribution in [0.5, 0.6) is 0 Å². The number of hydrogen-bond acceptors (Lipinski definition) is 3. The fraction of sp³-hybridized carbons (Fsp3) is 0.467. The molecule has 1 fully saturated rings. The average Bonchev–Trinajstić information content (AvgIpc) is 2.86. The van der Waals surface area contributed by atoms with Crippen molar-refractivity contribution in [3.05, 3.63) is 35.4 Å². The number of hydrogen-bond donors (Lipinski definition) is 0.